The first-order valence-corrected chi connectivity index (χ1v) is 4.98. The van der Waals surface area contributed by atoms with Gasteiger partial charge < -0.3 is 5.11 Å². The van der Waals surface area contributed by atoms with Crippen LogP contribution >= 0.6 is 0 Å². The molecule has 0 aromatic rings. The predicted octanol–water partition coefficient (Wildman–Crippen LogP) is 0.248. The zero-order chi connectivity index (χ0) is 12.3. The van der Waals surface area contributed by atoms with Gasteiger partial charge in [0, 0.05) is 19.3 Å². The molecule has 0 aromatic heterocycles. The Balaban J connectivity index is 2.92. The van der Waals surface area contributed by atoms with Gasteiger partial charge in [-0.25, -0.2) is 4.79 Å². The average Bonchev–Trinajstić information content (AvgIpc) is 2.14. The highest BCUT2D eigenvalue weighted by molar-refractivity contribution is 6.01. The molecule has 1 unspecified atom stereocenters. The molecule has 0 aliphatic carbocycles. The van der Waals surface area contributed by atoms with E-state index in [-0.39, 0.29) is 25.2 Å². The van der Waals surface area contributed by atoms with Crippen molar-refractivity contribution in [2.45, 2.75) is 32.2 Å². The van der Waals surface area contributed by atoms with Gasteiger partial charge >= 0.3 is 5.97 Å². The van der Waals surface area contributed by atoms with Crippen molar-refractivity contribution in [3.63, 3.8) is 0 Å². The van der Waals surface area contributed by atoms with Crippen LogP contribution in [0.1, 0.15) is 26.2 Å². The van der Waals surface area contributed by atoms with E-state index in [0.717, 1.165) is 4.90 Å². The molecule has 5 nitrogen and oxygen atoms in total. The van der Waals surface area contributed by atoms with Crippen LogP contribution in [-0.4, -0.2) is 33.8 Å². The molecule has 1 saturated heterocycles. The highest BCUT2D eigenvalue weighted by Crippen LogP contribution is 2.21. The number of carboxylic acid groups (broad SMARTS) is 1. The summed E-state index contributed by atoms with van der Waals surface area (Å²) < 4.78 is 0. The summed E-state index contributed by atoms with van der Waals surface area (Å²) in [7, 11) is 0. The zero-order valence-electron chi connectivity index (χ0n) is 8.97. The van der Waals surface area contributed by atoms with E-state index < -0.39 is 23.8 Å². The third kappa shape index (κ3) is 2.40. The lowest BCUT2D eigenvalue weighted by Crippen LogP contribution is -2.51. The summed E-state index contributed by atoms with van der Waals surface area (Å²) in [6, 6.07) is -1.22. The van der Waals surface area contributed by atoms with E-state index in [0.29, 0.717) is 0 Å². The van der Waals surface area contributed by atoms with Crippen molar-refractivity contribution < 1.29 is 19.5 Å². The predicted molar refractivity (Wildman–Crippen MR) is 55.1 cm³/mol. The molecular weight excluding hydrogens is 210 g/mol. The minimum atomic E-state index is -1.24. The molecule has 16 heavy (non-hydrogen) atoms. The first-order valence-electron chi connectivity index (χ1n) is 4.98. The summed E-state index contributed by atoms with van der Waals surface area (Å²) in [4.78, 5) is 34.9. The molecule has 0 aromatic carbocycles. The average molecular weight is 223 g/mol. The minimum Gasteiger partial charge on any atom is -0.480 e. The lowest BCUT2D eigenvalue weighted by molar-refractivity contribution is -0.161. The van der Waals surface area contributed by atoms with Gasteiger partial charge in [-0.1, -0.05) is 6.92 Å². The smallest absolute Gasteiger partial charge is 0.327 e. The zero-order valence-corrected chi connectivity index (χ0v) is 8.97. The van der Waals surface area contributed by atoms with Gasteiger partial charge in [-0.2, -0.15) is 0 Å². The van der Waals surface area contributed by atoms with Crippen LogP contribution in [0.4, 0.5) is 0 Å². The molecule has 5 heteroatoms. The van der Waals surface area contributed by atoms with Crippen LogP contribution < -0.4 is 0 Å². The maximum atomic E-state index is 11.6. The van der Waals surface area contributed by atoms with Gasteiger partial charge in [0.2, 0.25) is 11.8 Å². The van der Waals surface area contributed by atoms with Gasteiger partial charge in [0.1, 0.15) is 6.04 Å². The Kier molecular flexibility index (Phi) is 3.67. The first-order chi connectivity index (χ1) is 7.47. The monoisotopic (exact) mass is 223 g/mol. The summed E-state index contributed by atoms with van der Waals surface area (Å²) in [5.74, 6) is -0.00548. The number of nitrogens with zero attached hydrogens (tertiary/aromatic N) is 1. The van der Waals surface area contributed by atoms with Crippen molar-refractivity contribution >= 4 is 17.8 Å². The number of carboxylic acids is 1. The molecule has 0 bridgehead atoms. The van der Waals surface area contributed by atoms with Crippen molar-refractivity contribution in [3.8, 4) is 12.3 Å². The number of carbonyl (C=O) groups excluding carboxylic acids is 2. The Morgan fingerprint density at radius 1 is 1.56 bits per heavy atom. The van der Waals surface area contributed by atoms with Crippen molar-refractivity contribution in [2.75, 3.05) is 0 Å². The molecule has 1 heterocycles. The summed E-state index contributed by atoms with van der Waals surface area (Å²) in [5.41, 5.74) is 0. The summed E-state index contributed by atoms with van der Waals surface area (Å²) >= 11 is 0. The largest absolute Gasteiger partial charge is 0.480 e. The Labute approximate surface area is 93.4 Å². The van der Waals surface area contributed by atoms with Crippen LogP contribution in [0.3, 0.4) is 0 Å². The molecular formula is C11H13NO4. The molecule has 1 fully saturated rings. The Morgan fingerprint density at radius 3 is 2.44 bits per heavy atom. The quantitative estimate of drug-likeness (QED) is 0.549. The van der Waals surface area contributed by atoms with Crippen LogP contribution in [0.5, 0.6) is 0 Å². The highest BCUT2D eigenvalue weighted by Gasteiger charge is 2.38. The van der Waals surface area contributed by atoms with Crippen molar-refractivity contribution in [3.05, 3.63) is 0 Å². The number of hydrogen-bond acceptors (Lipinski definition) is 3. The molecule has 1 N–H and O–H groups in total. The number of imide groups is 1. The number of terminal acetylenes is 1. The molecule has 1 aliphatic heterocycles. The fourth-order valence-electron chi connectivity index (χ4n) is 1.75. The second kappa shape index (κ2) is 4.79. The first kappa shape index (κ1) is 12.2. The van der Waals surface area contributed by atoms with Gasteiger partial charge in [0.05, 0.1) is 0 Å². The van der Waals surface area contributed by atoms with Gasteiger partial charge in [-0.15, -0.1) is 12.3 Å². The number of piperidine rings is 1. The van der Waals surface area contributed by atoms with E-state index in [2.05, 4.69) is 5.92 Å². The molecule has 1 rings (SSSR count). The summed E-state index contributed by atoms with van der Waals surface area (Å²) in [6.07, 6.45) is 5.27. The van der Waals surface area contributed by atoms with Crippen molar-refractivity contribution in [1.82, 2.24) is 4.90 Å². The minimum absolute atomic E-state index is 0.0310. The molecule has 0 spiro atoms. The van der Waals surface area contributed by atoms with Crippen molar-refractivity contribution in [2.24, 2.45) is 5.92 Å². The Bertz CT molecular complexity index is 351. The number of hydrogen-bond donors (Lipinski definition) is 1. The van der Waals surface area contributed by atoms with Gasteiger partial charge in [0.25, 0.3) is 0 Å². The third-order valence-corrected chi connectivity index (χ3v) is 2.49. The number of likely N-dealkylation sites (tertiary alicyclic amines) is 1. The van der Waals surface area contributed by atoms with E-state index in [1.54, 1.807) is 6.92 Å². The van der Waals surface area contributed by atoms with Crippen LogP contribution in [-0.2, 0) is 14.4 Å². The number of aliphatic carboxylic acids is 1. The molecule has 86 valence electrons. The number of rotatable bonds is 3. The number of amides is 2. The van der Waals surface area contributed by atoms with Crippen LogP contribution in [0.15, 0.2) is 0 Å². The lowest BCUT2D eigenvalue weighted by Gasteiger charge is -2.31. The third-order valence-electron chi connectivity index (χ3n) is 2.49. The Hall–Kier alpha value is -1.83. The van der Waals surface area contributed by atoms with Crippen LogP contribution in [0, 0.1) is 18.3 Å². The topological polar surface area (TPSA) is 74.7 Å². The van der Waals surface area contributed by atoms with Gasteiger partial charge in [0.15, 0.2) is 0 Å². The second-order valence-electron chi connectivity index (χ2n) is 3.93. The standard InChI is InChI=1S/C11H13NO4/c1-3-4-8(11(15)16)12-9(13)5-7(2)6-10(12)14/h1,7-8H,4-6H2,2H3,(H,15,16). The van der Waals surface area contributed by atoms with Gasteiger partial charge in [-0.3, -0.25) is 14.5 Å². The fraction of sp³-hybridized carbons (Fsp3) is 0.545. The molecule has 1 atom stereocenters. The SMILES string of the molecule is C#CCC(C(=O)O)N1C(=O)CC(C)CC1=O. The van der Waals surface area contributed by atoms with E-state index >= 15 is 0 Å². The van der Waals surface area contributed by atoms with Crippen LogP contribution in [0.25, 0.3) is 0 Å². The summed E-state index contributed by atoms with van der Waals surface area (Å²) in [6.45, 7) is 1.78. The summed E-state index contributed by atoms with van der Waals surface area (Å²) in [5, 5.41) is 8.92. The normalized spacial score (nSPS) is 19.4. The maximum absolute atomic E-state index is 11.6. The van der Waals surface area contributed by atoms with Crippen LogP contribution in [0.2, 0.25) is 0 Å². The van der Waals surface area contributed by atoms with Crippen molar-refractivity contribution in [1.29, 1.82) is 0 Å². The highest BCUT2D eigenvalue weighted by atomic mass is 16.4. The molecule has 2 amide bonds. The van der Waals surface area contributed by atoms with E-state index in [1.807, 2.05) is 0 Å². The fourth-order valence-corrected chi connectivity index (χ4v) is 1.75. The van der Waals surface area contributed by atoms with Gasteiger partial charge in [-0.05, 0) is 5.92 Å². The molecule has 0 saturated carbocycles. The van der Waals surface area contributed by atoms with E-state index in [1.165, 1.54) is 0 Å². The van der Waals surface area contributed by atoms with E-state index in [9.17, 15) is 14.4 Å². The maximum Gasteiger partial charge on any atom is 0.327 e. The second-order valence-corrected chi connectivity index (χ2v) is 3.93. The molecule has 1 aliphatic rings. The van der Waals surface area contributed by atoms with E-state index in [4.69, 9.17) is 11.5 Å². The Morgan fingerprint density at radius 2 is 2.06 bits per heavy atom. The number of carbonyl (C=O) groups is 3. The lowest BCUT2D eigenvalue weighted by atomic mass is 9.96. The molecule has 0 radical (unpaired) electrons.